The van der Waals surface area contributed by atoms with Crippen LogP contribution in [0.2, 0.25) is 0 Å². The second kappa shape index (κ2) is 5.85. The fraction of sp³-hybridized carbons (Fsp3) is 0.250. The zero-order chi connectivity index (χ0) is 14.0. The fourth-order valence-corrected chi connectivity index (χ4v) is 2.43. The van der Waals surface area contributed by atoms with Crippen molar-refractivity contribution in [3.63, 3.8) is 0 Å². The molecule has 0 saturated carbocycles. The van der Waals surface area contributed by atoms with Crippen molar-refractivity contribution in [3.05, 3.63) is 68.9 Å². The first kappa shape index (κ1) is 14.2. The summed E-state index contributed by atoms with van der Waals surface area (Å²) in [6.45, 7) is 4.15. The van der Waals surface area contributed by atoms with Gasteiger partial charge in [-0.25, -0.2) is 4.39 Å². The Morgan fingerprint density at radius 1 is 1.11 bits per heavy atom. The Morgan fingerprint density at radius 2 is 1.84 bits per heavy atom. The molecular formula is C16H17BrFN. The van der Waals surface area contributed by atoms with Crippen LogP contribution in [0.3, 0.4) is 0 Å². The summed E-state index contributed by atoms with van der Waals surface area (Å²) in [5.41, 5.74) is 10.3. The van der Waals surface area contributed by atoms with E-state index in [2.05, 4.69) is 48.0 Å². The van der Waals surface area contributed by atoms with Crippen LogP contribution < -0.4 is 5.73 Å². The van der Waals surface area contributed by atoms with Crippen molar-refractivity contribution in [1.29, 1.82) is 0 Å². The van der Waals surface area contributed by atoms with Gasteiger partial charge in [-0.2, -0.15) is 0 Å². The van der Waals surface area contributed by atoms with E-state index in [0.29, 0.717) is 12.0 Å². The topological polar surface area (TPSA) is 26.0 Å². The number of rotatable bonds is 3. The van der Waals surface area contributed by atoms with Crippen LogP contribution in [-0.4, -0.2) is 0 Å². The van der Waals surface area contributed by atoms with E-state index in [4.69, 9.17) is 5.73 Å². The normalized spacial score (nSPS) is 12.5. The largest absolute Gasteiger partial charge is 0.324 e. The third-order valence-corrected chi connectivity index (χ3v) is 3.88. The molecule has 1 nitrogen and oxygen atoms in total. The van der Waals surface area contributed by atoms with Gasteiger partial charge in [0, 0.05) is 16.1 Å². The fourth-order valence-electron chi connectivity index (χ4n) is 2.10. The number of hydrogen-bond acceptors (Lipinski definition) is 1. The van der Waals surface area contributed by atoms with Crippen molar-refractivity contribution in [1.82, 2.24) is 0 Å². The Kier molecular flexibility index (Phi) is 4.38. The molecule has 0 radical (unpaired) electrons. The molecule has 0 bridgehead atoms. The molecule has 0 heterocycles. The van der Waals surface area contributed by atoms with E-state index in [1.165, 1.54) is 17.2 Å². The van der Waals surface area contributed by atoms with Gasteiger partial charge in [-0.1, -0.05) is 40.2 Å². The van der Waals surface area contributed by atoms with Crippen molar-refractivity contribution >= 4 is 15.9 Å². The standard InChI is InChI=1S/C16H17BrFN/c1-10-3-4-12(7-11(10)2)8-16(19)14-6-5-13(17)9-15(14)18/h3-7,9,16H,8,19H2,1-2H3. The van der Waals surface area contributed by atoms with Crippen LogP contribution in [0.5, 0.6) is 0 Å². The smallest absolute Gasteiger partial charge is 0.129 e. The highest BCUT2D eigenvalue weighted by atomic mass is 79.9. The summed E-state index contributed by atoms with van der Waals surface area (Å²) in [6, 6.07) is 10.9. The zero-order valence-electron chi connectivity index (χ0n) is 11.1. The van der Waals surface area contributed by atoms with Crippen LogP contribution in [0, 0.1) is 19.7 Å². The maximum atomic E-state index is 13.8. The molecule has 0 aromatic heterocycles. The molecule has 0 aliphatic carbocycles. The molecule has 2 N–H and O–H groups in total. The third kappa shape index (κ3) is 3.43. The Hall–Kier alpha value is -1.19. The van der Waals surface area contributed by atoms with Crippen LogP contribution >= 0.6 is 15.9 Å². The minimum absolute atomic E-state index is 0.259. The second-order valence-electron chi connectivity index (χ2n) is 4.90. The minimum atomic E-state index is -0.324. The van der Waals surface area contributed by atoms with Gasteiger partial charge in [0.25, 0.3) is 0 Å². The first-order valence-corrected chi connectivity index (χ1v) is 7.03. The molecule has 2 aromatic carbocycles. The SMILES string of the molecule is Cc1ccc(CC(N)c2ccc(Br)cc2F)cc1C. The van der Waals surface area contributed by atoms with Gasteiger partial charge in [-0.3, -0.25) is 0 Å². The highest BCUT2D eigenvalue weighted by Gasteiger charge is 2.12. The average Bonchev–Trinajstić information content (AvgIpc) is 2.33. The van der Waals surface area contributed by atoms with Gasteiger partial charge in [0.2, 0.25) is 0 Å². The first-order valence-electron chi connectivity index (χ1n) is 6.24. The van der Waals surface area contributed by atoms with Crippen LogP contribution in [0.4, 0.5) is 4.39 Å². The Morgan fingerprint density at radius 3 is 2.47 bits per heavy atom. The lowest BCUT2D eigenvalue weighted by Gasteiger charge is -2.14. The van der Waals surface area contributed by atoms with Crippen molar-refractivity contribution < 1.29 is 4.39 Å². The minimum Gasteiger partial charge on any atom is -0.324 e. The van der Waals surface area contributed by atoms with Crippen molar-refractivity contribution in [2.24, 2.45) is 5.73 Å². The van der Waals surface area contributed by atoms with Gasteiger partial charge >= 0.3 is 0 Å². The summed E-state index contributed by atoms with van der Waals surface area (Å²) < 4.78 is 14.6. The molecule has 0 aliphatic rings. The van der Waals surface area contributed by atoms with Crippen LogP contribution in [0.1, 0.15) is 28.3 Å². The molecule has 0 spiro atoms. The van der Waals surface area contributed by atoms with Gasteiger partial charge < -0.3 is 5.73 Å². The maximum absolute atomic E-state index is 13.8. The summed E-state index contributed by atoms with van der Waals surface area (Å²) in [5.74, 6) is -0.259. The van der Waals surface area contributed by atoms with E-state index in [1.54, 1.807) is 6.07 Å². The third-order valence-electron chi connectivity index (χ3n) is 3.39. The average molecular weight is 322 g/mol. The summed E-state index contributed by atoms with van der Waals surface area (Å²) >= 11 is 3.25. The quantitative estimate of drug-likeness (QED) is 0.888. The summed E-state index contributed by atoms with van der Waals surface area (Å²) in [7, 11) is 0. The molecule has 0 fully saturated rings. The molecule has 1 unspecified atom stereocenters. The lowest BCUT2D eigenvalue weighted by atomic mass is 9.97. The van der Waals surface area contributed by atoms with Gasteiger partial charge in [-0.15, -0.1) is 0 Å². The molecule has 0 aliphatic heterocycles. The molecular weight excluding hydrogens is 305 g/mol. The van der Waals surface area contributed by atoms with Gasteiger partial charge in [0.15, 0.2) is 0 Å². The lowest BCUT2D eigenvalue weighted by molar-refractivity contribution is 0.579. The molecule has 1 atom stereocenters. The molecule has 2 aromatic rings. The first-order chi connectivity index (χ1) is 8.97. The van der Waals surface area contributed by atoms with Gasteiger partial charge in [0.1, 0.15) is 5.82 Å². The predicted molar refractivity (Wildman–Crippen MR) is 80.6 cm³/mol. The highest BCUT2D eigenvalue weighted by Crippen LogP contribution is 2.23. The Labute approximate surface area is 121 Å². The van der Waals surface area contributed by atoms with E-state index in [0.717, 1.165) is 10.0 Å². The van der Waals surface area contributed by atoms with Crippen molar-refractivity contribution in [2.45, 2.75) is 26.3 Å². The summed E-state index contributed by atoms with van der Waals surface area (Å²) in [6.07, 6.45) is 0.639. The van der Waals surface area contributed by atoms with Crippen molar-refractivity contribution in [3.8, 4) is 0 Å². The van der Waals surface area contributed by atoms with Crippen LogP contribution in [-0.2, 0) is 6.42 Å². The Balaban J connectivity index is 2.20. The van der Waals surface area contributed by atoms with E-state index in [9.17, 15) is 4.39 Å². The monoisotopic (exact) mass is 321 g/mol. The van der Waals surface area contributed by atoms with E-state index in [1.807, 2.05) is 6.07 Å². The number of aryl methyl sites for hydroxylation is 2. The summed E-state index contributed by atoms with van der Waals surface area (Å²) in [5, 5.41) is 0. The Bertz CT molecular complexity index is 595. The second-order valence-corrected chi connectivity index (χ2v) is 5.81. The highest BCUT2D eigenvalue weighted by molar-refractivity contribution is 9.10. The predicted octanol–water partition coefficient (Wildman–Crippen LogP) is 4.45. The van der Waals surface area contributed by atoms with E-state index < -0.39 is 0 Å². The molecule has 19 heavy (non-hydrogen) atoms. The molecule has 3 heteroatoms. The van der Waals surface area contributed by atoms with Crippen LogP contribution in [0.25, 0.3) is 0 Å². The molecule has 0 saturated heterocycles. The zero-order valence-corrected chi connectivity index (χ0v) is 12.7. The number of halogens is 2. The van der Waals surface area contributed by atoms with E-state index >= 15 is 0 Å². The van der Waals surface area contributed by atoms with Crippen LogP contribution in [0.15, 0.2) is 40.9 Å². The van der Waals surface area contributed by atoms with Gasteiger partial charge in [-0.05, 0) is 49.1 Å². The molecule has 0 amide bonds. The lowest BCUT2D eigenvalue weighted by Crippen LogP contribution is -2.15. The molecule has 2 rings (SSSR count). The van der Waals surface area contributed by atoms with E-state index in [-0.39, 0.29) is 11.9 Å². The maximum Gasteiger partial charge on any atom is 0.129 e. The van der Waals surface area contributed by atoms with Crippen molar-refractivity contribution in [2.75, 3.05) is 0 Å². The number of hydrogen-bond donors (Lipinski definition) is 1. The summed E-state index contributed by atoms with van der Waals surface area (Å²) in [4.78, 5) is 0. The number of nitrogens with two attached hydrogens (primary N) is 1. The number of benzene rings is 2. The van der Waals surface area contributed by atoms with Gasteiger partial charge in [0.05, 0.1) is 0 Å². The molecule has 100 valence electrons.